The molecule has 0 saturated carbocycles. The summed E-state index contributed by atoms with van der Waals surface area (Å²) in [6.07, 6.45) is 6.32. The van der Waals surface area contributed by atoms with Crippen molar-refractivity contribution < 1.29 is 0 Å². The van der Waals surface area contributed by atoms with Crippen LogP contribution in [-0.4, -0.2) is 19.1 Å². The molecule has 2 nitrogen and oxygen atoms in total. The van der Waals surface area contributed by atoms with Crippen molar-refractivity contribution in [1.82, 2.24) is 5.32 Å². The maximum Gasteiger partial charge on any atom is 0.0398 e. The molecule has 2 rings (SSSR count). The van der Waals surface area contributed by atoms with Crippen LogP contribution in [0.1, 0.15) is 57.6 Å². The molecular weight excluding hydrogens is 244 g/mol. The molecule has 1 aromatic carbocycles. The molecular formula is C18H30N2. The number of rotatable bonds is 7. The van der Waals surface area contributed by atoms with Crippen molar-refractivity contribution in [3.63, 3.8) is 0 Å². The van der Waals surface area contributed by atoms with Crippen LogP contribution in [0.5, 0.6) is 0 Å². The van der Waals surface area contributed by atoms with E-state index in [1.54, 1.807) is 5.56 Å². The molecule has 1 N–H and O–H groups in total. The van der Waals surface area contributed by atoms with Crippen molar-refractivity contribution >= 4 is 5.69 Å². The van der Waals surface area contributed by atoms with Gasteiger partial charge in [-0.15, -0.1) is 0 Å². The Morgan fingerprint density at radius 2 is 2.15 bits per heavy atom. The Balaban J connectivity index is 2.03. The molecule has 20 heavy (non-hydrogen) atoms. The molecule has 1 aliphatic heterocycles. The number of nitrogens with one attached hydrogen (secondary N) is 1. The van der Waals surface area contributed by atoms with Gasteiger partial charge in [0.15, 0.2) is 0 Å². The number of hydrogen-bond acceptors (Lipinski definition) is 2. The van der Waals surface area contributed by atoms with Gasteiger partial charge in [0.05, 0.1) is 0 Å². The van der Waals surface area contributed by atoms with E-state index in [4.69, 9.17) is 0 Å². The quantitative estimate of drug-likeness (QED) is 0.804. The van der Waals surface area contributed by atoms with Gasteiger partial charge in [-0.05, 0) is 49.8 Å². The van der Waals surface area contributed by atoms with E-state index in [0.29, 0.717) is 6.04 Å². The monoisotopic (exact) mass is 274 g/mol. The van der Waals surface area contributed by atoms with Crippen LogP contribution in [0, 0.1) is 0 Å². The third kappa shape index (κ3) is 3.99. The normalized spacial score (nSPS) is 16.1. The molecule has 0 bridgehead atoms. The first kappa shape index (κ1) is 15.4. The molecule has 0 radical (unpaired) electrons. The number of anilines is 1. The maximum absolute atomic E-state index is 3.59. The number of nitrogens with zero attached hydrogens (tertiary/aromatic N) is 1. The molecule has 1 atom stereocenters. The van der Waals surface area contributed by atoms with Gasteiger partial charge in [-0.3, -0.25) is 0 Å². The first-order valence-corrected chi connectivity index (χ1v) is 8.34. The minimum Gasteiger partial charge on any atom is -0.371 e. The molecule has 0 spiro atoms. The Kier molecular flexibility index (Phi) is 5.90. The molecule has 2 heteroatoms. The first-order chi connectivity index (χ1) is 9.74. The van der Waals surface area contributed by atoms with E-state index in [2.05, 4.69) is 49.2 Å². The summed E-state index contributed by atoms with van der Waals surface area (Å²) >= 11 is 0. The fourth-order valence-electron chi connectivity index (χ4n) is 2.86. The van der Waals surface area contributed by atoms with Crippen molar-refractivity contribution in [2.75, 3.05) is 18.0 Å². The van der Waals surface area contributed by atoms with E-state index in [1.165, 1.54) is 56.4 Å². The van der Waals surface area contributed by atoms with Crippen LogP contribution in [0.25, 0.3) is 0 Å². The zero-order chi connectivity index (χ0) is 14.4. The van der Waals surface area contributed by atoms with Gasteiger partial charge in [-0.25, -0.2) is 0 Å². The van der Waals surface area contributed by atoms with Crippen LogP contribution >= 0.6 is 0 Å². The van der Waals surface area contributed by atoms with Crippen LogP contribution in [0.15, 0.2) is 18.2 Å². The summed E-state index contributed by atoms with van der Waals surface area (Å²) < 4.78 is 0. The molecule has 0 aliphatic carbocycles. The molecule has 0 fully saturated rings. The Morgan fingerprint density at radius 1 is 1.30 bits per heavy atom. The summed E-state index contributed by atoms with van der Waals surface area (Å²) in [5.74, 6) is 0. The Labute approximate surface area is 124 Å². The van der Waals surface area contributed by atoms with Crippen LogP contribution < -0.4 is 10.2 Å². The fraction of sp³-hybridized carbons (Fsp3) is 0.667. The van der Waals surface area contributed by atoms with Crippen molar-refractivity contribution in [2.24, 2.45) is 0 Å². The summed E-state index contributed by atoms with van der Waals surface area (Å²) in [6.45, 7) is 10.2. The third-order valence-electron chi connectivity index (χ3n) is 4.41. The standard InChI is InChI=1S/C18H30N2/c1-4-6-11-20-12-7-8-17-13-16(9-10-18(17)20)14-19-15(3)5-2/h9-10,13,15,19H,4-8,11-12,14H2,1-3H3/t15-/m0/s1. The van der Waals surface area contributed by atoms with Crippen LogP contribution in [-0.2, 0) is 13.0 Å². The van der Waals surface area contributed by atoms with E-state index in [9.17, 15) is 0 Å². The number of unbranched alkanes of at least 4 members (excludes halogenated alkanes) is 1. The van der Waals surface area contributed by atoms with Crippen molar-refractivity contribution in [2.45, 2.75) is 65.5 Å². The number of fused-ring (bicyclic) bond motifs is 1. The second-order valence-electron chi connectivity index (χ2n) is 6.10. The van der Waals surface area contributed by atoms with E-state index < -0.39 is 0 Å². The van der Waals surface area contributed by atoms with Crippen molar-refractivity contribution in [1.29, 1.82) is 0 Å². The van der Waals surface area contributed by atoms with Gasteiger partial charge in [-0.2, -0.15) is 0 Å². The Hall–Kier alpha value is -1.02. The molecule has 1 heterocycles. The van der Waals surface area contributed by atoms with Crippen LogP contribution in [0.4, 0.5) is 5.69 Å². The minimum atomic E-state index is 0.604. The summed E-state index contributed by atoms with van der Waals surface area (Å²) in [6, 6.07) is 7.67. The lowest BCUT2D eigenvalue weighted by Gasteiger charge is -2.31. The van der Waals surface area contributed by atoms with Gasteiger partial charge >= 0.3 is 0 Å². The molecule has 0 saturated heterocycles. The van der Waals surface area contributed by atoms with Gasteiger partial charge in [0.25, 0.3) is 0 Å². The van der Waals surface area contributed by atoms with Crippen molar-refractivity contribution in [3.05, 3.63) is 29.3 Å². The van der Waals surface area contributed by atoms with Crippen LogP contribution in [0.3, 0.4) is 0 Å². The molecule has 1 aliphatic rings. The lowest BCUT2D eigenvalue weighted by molar-refractivity contribution is 0.534. The summed E-state index contributed by atoms with van der Waals surface area (Å²) in [4.78, 5) is 2.58. The van der Waals surface area contributed by atoms with E-state index in [-0.39, 0.29) is 0 Å². The number of aryl methyl sites for hydroxylation is 1. The average molecular weight is 274 g/mol. The number of benzene rings is 1. The Bertz CT molecular complexity index is 414. The molecule has 112 valence electrons. The highest BCUT2D eigenvalue weighted by Gasteiger charge is 2.16. The van der Waals surface area contributed by atoms with Gasteiger partial charge in [0.2, 0.25) is 0 Å². The lowest BCUT2D eigenvalue weighted by Crippen LogP contribution is -2.30. The molecule has 1 aromatic rings. The second-order valence-corrected chi connectivity index (χ2v) is 6.10. The summed E-state index contributed by atoms with van der Waals surface area (Å²) in [5.41, 5.74) is 4.47. The predicted molar refractivity (Wildman–Crippen MR) is 88.5 cm³/mol. The maximum atomic E-state index is 3.59. The third-order valence-corrected chi connectivity index (χ3v) is 4.41. The zero-order valence-corrected chi connectivity index (χ0v) is 13.4. The van der Waals surface area contributed by atoms with Gasteiger partial charge in [-0.1, -0.05) is 32.4 Å². The zero-order valence-electron chi connectivity index (χ0n) is 13.4. The van der Waals surface area contributed by atoms with Crippen molar-refractivity contribution in [3.8, 4) is 0 Å². The van der Waals surface area contributed by atoms with E-state index >= 15 is 0 Å². The Morgan fingerprint density at radius 3 is 2.90 bits per heavy atom. The smallest absolute Gasteiger partial charge is 0.0398 e. The highest BCUT2D eigenvalue weighted by Crippen LogP contribution is 2.28. The minimum absolute atomic E-state index is 0.604. The highest BCUT2D eigenvalue weighted by molar-refractivity contribution is 5.56. The second kappa shape index (κ2) is 7.68. The number of hydrogen-bond donors (Lipinski definition) is 1. The van der Waals surface area contributed by atoms with Gasteiger partial charge < -0.3 is 10.2 Å². The molecule has 0 aromatic heterocycles. The fourth-order valence-corrected chi connectivity index (χ4v) is 2.86. The summed E-state index contributed by atoms with van der Waals surface area (Å²) in [5, 5.41) is 3.59. The average Bonchev–Trinajstić information content (AvgIpc) is 2.50. The van der Waals surface area contributed by atoms with E-state index in [0.717, 1.165) is 6.54 Å². The van der Waals surface area contributed by atoms with E-state index in [1.807, 2.05) is 0 Å². The topological polar surface area (TPSA) is 15.3 Å². The molecule has 0 amide bonds. The van der Waals surface area contributed by atoms with Crippen LogP contribution in [0.2, 0.25) is 0 Å². The molecule has 0 unspecified atom stereocenters. The highest BCUT2D eigenvalue weighted by atomic mass is 15.1. The SMILES string of the molecule is CCCCN1CCCc2cc(CN[C@@H](C)CC)ccc21. The van der Waals surface area contributed by atoms with Gasteiger partial charge in [0, 0.05) is 31.4 Å². The lowest BCUT2D eigenvalue weighted by atomic mass is 9.98. The van der Waals surface area contributed by atoms with Gasteiger partial charge in [0.1, 0.15) is 0 Å². The first-order valence-electron chi connectivity index (χ1n) is 8.34. The predicted octanol–water partition coefficient (Wildman–Crippen LogP) is 4.13. The largest absolute Gasteiger partial charge is 0.371 e. The summed E-state index contributed by atoms with van der Waals surface area (Å²) in [7, 11) is 0.